The predicted molar refractivity (Wildman–Crippen MR) is 149 cm³/mol. The van der Waals surface area contributed by atoms with Gasteiger partial charge in [-0.25, -0.2) is 13.2 Å². The number of benzene rings is 4. The van der Waals surface area contributed by atoms with Crippen LogP contribution in [0.4, 0.5) is 5.69 Å². The van der Waals surface area contributed by atoms with E-state index in [-0.39, 0.29) is 22.8 Å². The first kappa shape index (κ1) is 27.6. The molecular weight excluding hydrogens is 516 g/mol. The molecule has 0 fully saturated rings. The molecule has 0 aliphatic heterocycles. The summed E-state index contributed by atoms with van der Waals surface area (Å²) < 4.78 is 32.4. The number of hydrogen-bond acceptors (Lipinski definition) is 6. The van der Waals surface area contributed by atoms with Gasteiger partial charge < -0.3 is 14.7 Å². The third-order valence-corrected chi connectivity index (χ3v) is 8.03. The molecule has 1 N–H and O–H groups in total. The van der Waals surface area contributed by atoms with Gasteiger partial charge in [-0.15, -0.1) is 0 Å². The average Bonchev–Trinajstić information content (AvgIpc) is 2.97. The first-order chi connectivity index (χ1) is 18.7. The van der Waals surface area contributed by atoms with Crippen molar-refractivity contribution in [3.8, 4) is 16.9 Å². The fourth-order valence-corrected chi connectivity index (χ4v) is 5.17. The Morgan fingerprint density at radius 2 is 1.41 bits per heavy atom. The van der Waals surface area contributed by atoms with E-state index in [1.807, 2.05) is 60.7 Å². The SMILES string of the molecule is COC(=O)c1cc(N(Cc2ccccc2)C(=O)CN(C)S(=O)(=O)c2ccc(-c3ccccc3)cc2)ccc1O. The monoisotopic (exact) mass is 544 g/mol. The van der Waals surface area contributed by atoms with Crippen molar-refractivity contribution in [2.75, 3.05) is 25.6 Å². The summed E-state index contributed by atoms with van der Waals surface area (Å²) in [5.74, 6) is -1.58. The van der Waals surface area contributed by atoms with Crippen LogP contribution in [0.1, 0.15) is 15.9 Å². The Labute approximate surface area is 227 Å². The van der Waals surface area contributed by atoms with Gasteiger partial charge in [-0.05, 0) is 47.0 Å². The van der Waals surface area contributed by atoms with Crippen molar-refractivity contribution in [3.63, 3.8) is 0 Å². The Balaban J connectivity index is 1.60. The number of sulfonamides is 1. The number of ether oxygens (including phenoxy) is 1. The summed E-state index contributed by atoms with van der Waals surface area (Å²) in [5, 5.41) is 10.1. The van der Waals surface area contributed by atoms with E-state index in [0.717, 1.165) is 21.0 Å². The second-order valence-corrected chi connectivity index (χ2v) is 10.9. The molecule has 0 aliphatic rings. The van der Waals surface area contributed by atoms with Gasteiger partial charge in [0.15, 0.2) is 0 Å². The van der Waals surface area contributed by atoms with Gasteiger partial charge in [0.2, 0.25) is 15.9 Å². The number of methoxy groups -OCH3 is 1. The van der Waals surface area contributed by atoms with Crippen LogP contribution in [-0.4, -0.2) is 50.4 Å². The van der Waals surface area contributed by atoms with Crippen LogP contribution in [0, 0.1) is 0 Å². The third kappa shape index (κ3) is 6.34. The maximum atomic E-state index is 13.6. The van der Waals surface area contributed by atoms with Crippen LogP contribution in [0.3, 0.4) is 0 Å². The molecule has 0 atom stereocenters. The Kier molecular flexibility index (Phi) is 8.43. The lowest BCUT2D eigenvalue weighted by Gasteiger charge is -2.26. The molecule has 4 aromatic rings. The molecule has 9 heteroatoms. The number of carbonyl (C=O) groups is 2. The summed E-state index contributed by atoms with van der Waals surface area (Å²) in [5.41, 5.74) is 2.82. The molecular formula is C30H28N2O6S. The van der Waals surface area contributed by atoms with Crippen molar-refractivity contribution in [1.29, 1.82) is 0 Å². The summed E-state index contributed by atoms with van der Waals surface area (Å²) in [4.78, 5) is 27.1. The molecule has 0 saturated carbocycles. The van der Waals surface area contributed by atoms with Gasteiger partial charge in [-0.3, -0.25) is 4.79 Å². The molecule has 4 rings (SSSR count). The number of phenolic OH excluding ortho intramolecular Hbond substituents is 1. The van der Waals surface area contributed by atoms with Crippen LogP contribution >= 0.6 is 0 Å². The summed E-state index contributed by atoms with van der Waals surface area (Å²) >= 11 is 0. The molecule has 0 radical (unpaired) electrons. The van der Waals surface area contributed by atoms with Gasteiger partial charge in [-0.1, -0.05) is 72.8 Å². The number of likely N-dealkylation sites (N-methyl/N-ethyl adjacent to an activating group) is 1. The highest BCUT2D eigenvalue weighted by molar-refractivity contribution is 7.89. The van der Waals surface area contributed by atoms with Crippen LogP contribution in [0.2, 0.25) is 0 Å². The van der Waals surface area contributed by atoms with E-state index in [0.29, 0.717) is 5.69 Å². The number of rotatable bonds is 9. The van der Waals surface area contributed by atoms with E-state index in [2.05, 4.69) is 0 Å². The number of carbonyl (C=O) groups excluding carboxylic acids is 2. The number of esters is 1. The highest BCUT2D eigenvalue weighted by atomic mass is 32.2. The Bertz CT molecular complexity index is 1560. The molecule has 200 valence electrons. The van der Waals surface area contributed by atoms with E-state index >= 15 is 0 Å². The minimum absolute atomic E-state index is 0.0599. The van der Waals surface area contributed by atoms with Gasteiger partial charge in [0.05, 0.1) is 25.1 Å². The zero-order valence-corrected chi connectivity index (χ0v) is 22.3. The molecule has 0 unspecified atom stereocenters. The fraction of sp³-hybridized carbons (Fsp3) is 0.133. The maximum absolute atomic E-state index is 13.6. The number of hydrogen-bond donors (Lipinski definition) is 1. The number of nitrogens with zero attached hydrogens (tertiary/aromatic N) is 2. The minimum Gasteiger partial charge on any atom is -0.507 e. The predicted octanol–water partition coefficient (Wildman–Crippen LogP) is 4.70. The number of anilines is 1. The quantitative estimate of drug-likeness (QED) is 0.307. The Hall–Kier alpha value is -4.47. The highest BCUT2D eigenvalue weighted by Crippen LogP contribution is 2.27. The van der Waals surface area contributed by atoms with Crippen molar-refractivity contribution in [1.82, 2.24) is 4.31 Å². The molecule has 0 aliphatic carbocycles. The summed E-state index contributed by atoms with van der Waals surface area (Å²) in [6, 6.07) is 29.3. The molecule has 0 aromatic heterocycles. The van der Waals surface area contributed by atoms with Crippen LogP contribution in [-0.2, 0) is 26.1 Å². The van der Waals surface area contributed by atoms with Gasteiger partial charge in [0.25, 0.3) is 0 Å². The number of aromatic hydroxyl groups is 1. The molecule has 0 saturated heterocycles. The normalized spacial score (nSPS) is 11.3. The molecule has 4 aromatic carbocycles. The summed E-state index contributed by atoms with van der Waals surface area (Å²) in [7, 11) is -1.45. The number of amides is 1. The topological polar surface area (TPSA) is 104 Å². The van der Waals surface area contributed by atoms with Crippen LogP contribution in [0.25, 0.3) is 11.1 Å². The van der Waals surface area contributed by atoms with Crippen molar-refractivity contribution >= 4 is 27.6 Å². The second kappa shape index (κ2) is 11.9. The average molecular weight is 545 g/mol. The van der Waals surface area contributed by atoms with Gasteiger partial charge >= 0.3 is 5.97 Å². The zero-order valence-electron chi connectivity index (χ0n) is 21.5. The smallest absolute Gasteiger partial charge is 0.341 e. The standard InChI is InChI=1S/C30H28N2O6S/c1-31(39(36,37)26-16-13-24(14-17-26)23-11-7-4-8-12-23)21-29(34)32(20-22-9-5-3-6-10-22)25-15-18-28(33)27(19-25)30(35)38-2/h3-19,33H,20-21H2,1-2H3. The van der Waals surface area contributed by atoms with Crippen molar-refractivity contribution in [2.45, 2.75) is 11.4 Å². The largest absolute Gasteiger partial charge is 0.507 e. The molecule has 0 spiro atoms. The summed E-state index contributed by atoms with van der Waals surface area (Å²) in [6.07, 6.45) is 0. The van der Waals surface area contributed by atoms with Crippen LogP contribution in [0.15, 0.2) is 108 Å². The lowest BCUT2D eigenvalue weighted by atomic mass is 10.1. The van der Waals surface area contributed by atoms with E-state index in [1.165, 1.54) is 49.4 Å². The van der Waals surface area contributed by atoms with E-state index in [4.69, 9.17) is 4.74 Å². The van der Waals surface area contributed by atoms with Crippen molar-refractivity contribution in [3.05, 3.63) is 114 Å². The molecule has 39 heavy (non-hydrogen) atoms. The first-order valence-corrected chi connectivity index (χ1v) is 13.5. The van der Waals surface area contributed by atoms with Gasteiger partial charge in [0, 0.05) is 12.7 Å². The third-order valence-electron chi connectivity index (χ3n) is 6.21. The molecule has 1 amide bonds. The van der Waals surface area contributed by atoms with Gasteiger partial charge in [0.1, 0.15) is 11.3 Å². The Morgan fingerprint density at radius 3 is 2.03 bits per heavy atom. The highest BCUT2D eigenvalue weighted by Gasteiger charge is 2.27. The van der Waals surface area contributed by atoms with E-state index in [9.17, 15) is 23.1 Å². The van der Waals surface area contributed by atoms with Crippen LogP contribution < -0.4 is 4.90 Å². The molecule has 0 bridgehead atoms. The Morgan fingerprint density at radius 1 is 0.821 bits per heavy atom. The zero-order chi connectivity index (χ0) is 28.0. The lowest BCUT2D eigenvalue weighted by Crippen LogP contribution is -2.41. The van der Waals surface area contributed by atoms with E-state index < -0.39 is 28.4 Å². The van der Waals surface area contributed by atoms with Crippen molar-refractivity contribution in [2.24, 2.45) is 0 Å². The van der Waals surface area contributed by atoms with Crippen molar-refractivity contribution < 1.29 is 27.9 Å². The minimum atomic E-state index is -3.98. The van der Waals surface area contributed by atoms with E-state index in [1.54, 1.807) is 12.1 Å². The molecule has 0 heterocycles. The second-order valence-electron chi connectivity index (χ2n) is 8.81. The lowest BCUT2D eigenvalue weighted by molar-refractivity contribution is -0.118. The van der Waals surface area contributed by atoms with Crippen LogP contribution in [0.5, 0.6) is 5.75 Å². The molecule has 8 nitrogen and oxygen atoms in total. The first-order valence-electron chi connectivity index (χ1n) is 12.1. The van der Waals surface area contributed by atoms with Gasteiger partial charge in [-0.2, -0.15) is 4.31 Å². The number of phenols is 1. The fourth-order valence-electron chi connectivity index (χ4n) is 4.05. The summed E-state index contributed by atoms with van der Waals surface area (Å²) in [6.45, 7) is -0.339. The maximum Gasteiger partial charge on any atom is 0.341 e.